The Morgan fingerprint density at radius 1 is 1.42 bits per heavy atom. The van der Waals surface area contributed by atoms with E-state index in [1.807, 2.05) is 14.1 Å². The molecule has 0 amide bonds. The molecule has 3 unspecified atom stereocenters. The van der Waals surface area contributed by atoms with E-state index < -0.39 is 6.17 Å². The molecule has 0 saturated carbocycles. The molecule has 2 rings (SSSR count). The van der Waals surface area contributed by atoms with Gasteiger partial charge in [-0.1, -0.05) is 0 Å². The zero-order valence-corrected chi connectivity index (χ0v) is 7.59. The fourth-order valence-electron chi connectivity index (χ4n) is 2.69. The normalized spacial score (nSPS) is 44.9. The maximum Gasteiger partial charge on any atom is 0.224 e. The van der Waals surface area contributed by atoms with Crippen molar-refractivity contribution >= 4 is 5.78 Å². The van der Waals surface area contributed by atoms with E-state index in [0.29, 0.717) is 12.5 Å². The average Bonchev–Trinajstić information content (AvgIpc) is 2.14. The van der Waals surface area contributed by atoms with Crippen LogP contribution in [0.3, 0.4) is 0 Å². The Kier molecular flexibility index (Phi) is 1.55. The number of fused-ring (bicyclic) bond motifs is 2. The van der Waals surface area contributed by atoms with Crippen molar-refractivity contribution in [3.8, 4) is 0 Å². The lowest BCUT2D eigenvalue weighted by Gasteiger charge is -2.41. The topological polar surface area (TPSA) is 17.1 Å². The summed E-state index contributed by atoms with van der Waals surface area (Å²) in [5, 5.41) is 0. The van der Waals surface area contributed by atoms with Crippen LogP contribution < -0.4 is 0 Å². The molecule has 2 bridgehead atoms. The van der Waals surface area contributed by atoms with E-state index in [2.05, 4.69) is 0 Å². The van der Waals surface area contributed by atoms with E-state index in [-0.39, 0.29) is 11.8 Å². The summed E-state index contributed by atoms with van der Waals surface area (Å²) < 4.78 is 13.8. The number of carbonyl (C=O) groups excluding carboxylic acids is 1. The SMILES string of the molecule is C[N+]1(C)C2CCC1C(=O)C(F)C2. The van der Waals surface area contributed by atoms with Crippen LogP contribution in [0.4, 0.5) is 4.39 Å². The van der Waals surface area contributed by atoms with Crippen molar-refractivity contribution < 1.29 is 13.7 Å². The second-order valence-corrected chi connectivity index (χ2v) is 4.48. The first-order valence-electron chi connectivity index (χ1n) is 4.54. The molecule has 2 aliphatic heterocycles. The van der Waals surface area contributed by atoms with E-state index in [1.54, 1.807) is 0 Å². The van der Waals surface area contributed by atoms with E-state index in [9.17, 15) is 9.18 Å². The van der Waals surface area contributed by atoms with Crippen LogP contribution in [-0.2, 0) is 4.79 Å². The summed E-state index contributed by atoms with van der Waals surface area (Å²) in [6.45, 7) is 0. The number of Topliss-reactive ketones (excluding diaryl/α,β-unsaturated/α-hetero) is 1. The number of rotatable bonds is 0. The average molecular weight is 172 g/mol. The lowest BCUT2D eigenvalue weighted by Crippen LogP contribution is -2.59. The molecule has 3 heteroatoms. The Hall–Kier alpha value is -0.440. The monoisotopic (exact) mass is 172 g/mol. The summed E-state index contributed by atoms with van der Waals surface area (Å²) in [6.07, 6.45) is 1.18. The molecule has 0 aromatic rings. The van der Waals surface area contributed by atoms with Crippen LogP contribution in [0.25, 0.3) is 0 Å². The first-order valence-corrected chi connectivity index (χ1v) is 4.54. The van der Waals surface area contributed by atoms with Gasteiger partial charge in [-0.15, -0.1) is 0 Å². The van der Waals surface area contributed by atoms with Gasteiger partial charge < -0.3 is 4.48 Å². The molecule has 2 heterocycles. The summed E-state index contributed by atoms with van der Waals surface area (Å²) in [7, 11) is 4.10. The number of hydrogen-bond acceptors (Lipinski definition) is 1. The highest BCUT2D eigenvalue weighted by Crippen LogP contribution is 2.38. The van der Waals surface area contributed by atoms with Gasteiger partial charge >= 0.3 is 0 Å². The molecule has 2 fully saturated rings. The molecule has 2 nitrogen and oxygen atoms in total. The van der Waals surface area contributed by atoms with Crippen molar-refractivity contribution in [2.75, 3.05) is 14.1 Å². The molecule has 12 heavy (non-hydrogen) atoms. The molecule has 2 saturated heterocycles. The van der Waals surface area contributed by atoms with Gasteiger partial charge in [-0.25, -0.2) is 4.39 Å². The molecule has 0 spiro atoms. The van der Waals surface area contributed by atoms with Gasteiger partial charge in [0.1, 0.15) is 0 Å². The summed E-state index contributed by atoms with van der Waals surface area (Å²) in [4.78, 5) is 11.4. The summed E-state index contributed by atoms with van der Waals surface area (Å²) in [5.41, 5.74) is 0. The van der Waals surface area contributed by atoms with Crippen LogP contribution in [0.15, 0.2) is 0 Å². The van der Waals surface area contributed by atoms with Gasteiger partial charge in [0.25, 0.3) is 0 Å². The molecule has 0 aromatic carbocycles. The molecule has 0 radical (unpaired) electrons. The first kappa shape index (κ1) is 8.17. The van der Waals surface area contributed by atoms with Gasteiger partial charge in [0.15, 0.2) is 12.2 Å². The number of carbonyl (C=O) groups is 1. The highest BCUT2D eigenvalue weighted by molar-refractivity contribution is 5.88. The second-order valence-electron chi connectivity index (χ2n) is 4.48. The van der Waals surface area contributed by atoms with E-state index in [0.717, 1.165) is 17.3 Å². The van der Waals surface area contributed by atoms with Gasteiger partial charge in [0.05, 0.1) is 20.1 Å². The summed E-state index contributed by atoms with van der Waals surface area (Å²) >= 11 is 0. The third kappa shape index (κ3) is 0.859. The molecule has 0 aliphatic carbocycles. The highest BCUT2D eigenvalue weighted by atomic mass is 19.1. The molecule has 0 N–H and O–H groups in total. The number of quaternary nitrogens is 1. The van der Waals surface area contributed by atoms with Crippen molar-refractivity contribution in [3.05, 3.63) is 0 Å². The number of nitrogens with zero attached hydrogens (tertiary/aromatic N) is 1. The Balaban J connectivity index is 2.32. The third-order valence-corrected chi connectivity index (χ3v) is 3.63. The minimum atomic E-state index is -1.17. The molecule has 68 valence electrons. The van der Waals surface area contributed by atoms with Crippen molar-refractivity contribution in [1.82, 2.24) is 0 Å². The smallest absolute Gasteiger partial charge is 0.224 e. The zero-order valence-electron chi connectivity index (χ0n) is 7.59. The van der Waals surface area contributed by atoms with Gasteiger partial charge in [0.2, 0.25) is 5.78 Å². The Morgan fingerprint density at radius 2 is 2.08 bits per heavy atom. The quantitative estimate of drug-likeness (QED) is 0.496. The van der Waals surface area contributed by atoms with E-state index in [4.69, 9.17) is 0 Å². The summed E-state index contributed by atoms with van der Waals surface area (Å²) in [5.74, 6) is -0.159. The Bertz CT molecular complexity index is 227. The van der Waals surface area contributed by atoms with E-state index in [1.165, 1.54) is 0 Å². The van der Waals surface area contributed by atoms with Crippen LogP contribution in [0.5, 0.6) is 0 Å². The fraction of sp³-hybridized carbons (Fsp3) is 0.889. The standard InChI is InChI=1S/C9H15FNO/c1-11(2)6-3-4-8(11)9(12)7(10)5-6/h6-8H,3-5H2,1-2H3/q+1. The van der Waals surface area contributed by atoms with Crippen molar-refractivity contribution in [2.24, 2.45) is 0 Å². The third-order valence-electron chi connectivity index (χ3n) is 3.63. The summed E-state index contributed by atoms with van der Waals surface area (Å²) in [6, 6.07) is 0.321. The van der Waals surface area contributed by atoms with Crippen LogP contribution in [0.2, 0.25) is 0 Å². The number of ketones is 1. The number of likely N-dealkylation sites (N-methyl/N-ethyl adjacent to an activating group) is 1. The van der Waals surface area contributed by atoms with E-state index >= 15 is 0 Å². The molecular formula is C9H15FNO+. The van der Waals surface area contributed by atoms with Crippen LogP contribution in [-0.4, -0.2) is 42.6 Å². The number of hydrogen-bond donors (Lipinski definition) is 0. The lowest BCUT2D eigenvalue weighted by molar-refractivity contribution is -0.920. The Morgan fingerprint density at radius 3 is 2.75 bits per heavy atom. The number of piperidine rings is 1. The largest absolute Gasteiger partial charge is 0.317 e. The van der Waals surface area contributed by atoms with Crippen molar-refractivity contribution in [1.29, 1.82) is 0 Å². The maximum atomic E-state index is 13.1. The van der Waals surface area contributed by atoms with Gasteiger partial charge in [-0.05, 0) is 0 Å². The molecule has 0 aromatic heterocycles. The van der Waals surface area contributed by atoms with Gasteiger partial charge in [-0.2, -0.15) is 0 Å². The molecular weight excluding hydrogens is 157 g/mol. The zero-order chi connectivity index (χ0) is 8.93. The van der Waals surface area contributed by atoms with Gasteiger partial charge in [-0.3, -0.25) is 4.79 Å². The second kappa shape index (κ2) is 2.28. The molecule has 2 aliphatic rings. The molecule has 3 atom stereocenters. The van der Waals surface area contributed by atoms with Crippen molar-refractivity contribution in [3.63, 3.8) is 0 Å². The number of alkyl halides is 1. The first-order chi connectivity index (χ1) is 5.53. The van der Waals surface area contributed by atoms with Crippen LogP contribution >= 0.6 is 0 Å². The van der Waals surface area contributed by atoms with Crippen molar-refractivity contribution in [2.45, 2.75) is 37.5 Å². The minimum Gasteiger partial charge on any atom is -0.317 e. The minimum absolute atomic E-state index is 0.0567. The predicted octanol–water partition coefficient (Wildman–Crippen LogP) is 0.905. The van der Waals surface area contributed by atoms with Crippen LogP contribution in [0, 0.1) is 0 Å². The predicted molar refractivity (Wildman–Crippen MR) is 43.4 cm³/mol. The lowest BCUT2D eigenvalue weighted by atomic mass is 9.98. The number of halogens is 1. The maximum absolute atomic E-state index is 13.1. The highest BCUT2D eigenvalue weighted by Gasteiger charge is 2.54. The van der Waals surface area contributed by atoms with Gasteiger partial charge in [0, 0.05) is 19.3 Å². The fourth-order valence-corrected chi connectivity index (χ4v) is 2.69. The van der Waals surface area contributed by atoms with Crippen LogP contribution in [0.1, 0.15) is 19.3 Å². The Labute approximate surface area is 71.9 Å².